The molecule has 0 atom stereocenters. The summed E-state index contributed by atoms with van der Waals surface area (Å²) in [7, 11) is 1.78. The number of nitrogens with one attached hydrogen (secondary N) is 2. The number of aromatic nitrogens is 2. The third-order valence-electron chi connectivity index (χ3n) is 4.53. The minimum absolute atomic E-state index is 0.150. The number of anilines is 2. The summed E-state index contributed by atoms with van der Waals surface area (Å²) in [5.74, 6) is 1.60. The van der Waals surface area contributed by atoms with Gasteiger partial charge >= 0.3 is 0 Å². The molecule has 3 aromatic carbocycles. The predicted octanol–water partition coefficient (Wildman–Crippen LogP) is 5.02. The smallest absolute Gasteiger partial charge is 0.256 e. The van der Waals surface area contributed by atoms with Gasteiger partial charge in [-0.25, -0.2) is 9.97 Å². The van der Waals surface area contributed by atoms with E-state index in [0.29, 0.717) is 23.0 Å². The molecule has 1 amide bonds. The van der Waals surface area contributed by atoms with Crippen LogP contribution < -0.4 is 15.4 Å². The van der Waals surface area contributed by atoms with Crippen LogP contribution in [0.1, 0.15) is 15.9 Å². The van der Waals surface area contributed by atoms with Gasteiger partial charge in [-0.05, 0) is 54.1 Å². The average Bonchev–Trinajstić information content (AvgIpc) is 2.75. The van der Waals surface area contributed by atoms with Gasteiger partial charge in [0.25, 0.3) is 5.91 Å². The maximum atomic E-state index is 12.8. The van der Waals surface area contributed by atoms with Crippen LogP contribution in [0.2, 0.25) is 0 Å². The van der Waals surface area contributed by atoms with Gasteiger partial charge < -0.3 is 15.4 Å². The van der Waals surface area contributed by atoms with Gasteiger partial charge in [0.1, 0.15) is 17.9 Å². The maximum Gasteiger partial charge on any atom is 0.256 e. The van der Waals surface area contributed by atoms with E-state index in [9.17, 15) is 4.79 Å². The Bertz CT molecular complexity index is 1170. The monoisotopic (exact) mass is 384 g/mol. The maximum absolute atomic E-state index is 12.8. The Hall–Kier alpha value is -3.93. The highest BCUT2D eigenvalue weighted by Crippen LogP contribution is 2.27. The van der Waals surface area contributed by atoms with Gasteiger partial charge in [0, 0.05) is 24.4 Å². The molecule has 144 valence electrons. The number of hydrogen-bond donors (Lipinski definition) is 2. The van der Waals surface area contributed by atoms with Gasteiger partial charge in [0.05, 0.1) is 0 Å². The third kappa shape index (κ3) is 4.16. The second-order valence-corrected chi connectivity index (χ2v) is 6.60. The summed E-state index contributed by atoms with van der Waals surface area (Å²) in [6.45, 7) is 2.01. The van der Waals surface area contributed by atoms with Crippen molar-refractivity contribution in [2.75, 3.05) is 17.7 Å². The third-order valence-corrected chi connectivity index (χ3v) is 4.53. The molecule has 1 aromatic heterocycles. The van der Waals surface area contributed by atoms with Gasteiger partial charge in [-0.15, -0.1) is 0 Å². The highest BCUT2D eigenvalue weighted by Gasteiger charge is 2.11. The zero-order valence-corrected chi connectivity index (χ0v) is 16.1. The van der Waals surface area contributed by atoms with Gasteiger partial charge in [-0.1, -0.05) is 29.8 Å². The van der Waals surface area contributed by atoms with Crippen LogP contribution in [-0.4, -0.2) is 22.9 Å². The zero-order valence-electron chi connectivity index (χ0n) is 16.1. The van der Waals surface area contributed by atoms with Gasteiger partial charge in [0.2, 0.25) is 5.88 Å². The molecule has 0 saturated heterocycles. The second-order valence-electron chi connectivity index (χ2n) is 6.60. The fourth-order valence-electron chi connectivity index (χ4n) is 3.01. The largest absolute Gasteiger partial charge is 0.439 e. The lowest BCUT2D eigenvalue weighted by atomic mass is 10.0. The van der Waals surface area contributed by atoms with E-state index < -0.39 is 0 Å². The number of hydrogen-bond acceptors (Lipinski definition) is 5. The average molecular weight is 384 g/mol. The number of benzene rings is 3. The van der Waals surface area contributed by atoms with Crippen LogP contribution in [0.25, 0.3) is 10.8 Å². The van der Waals surface area contributed by atoms with E-state index in [1.54, 1.807) is 13.1 Å². The van der Waals surface area contributed by atoms with Gasteiger partial charge in [0.15, 0.2) is 0 Å². The Morgan fingerprint density at radius 3 is 2.59 bits per heavy atom. The van der Waals surface area contributed by atoms with Crippen LogP contribution in [0.15, 0.2) is 73.1 Å². The molecule has 0 spiro atoms. The number of ether oxygens (including phenoxy) is 1. The fraction of sp³-hybridized carbons (Fsp3) is 0.0870. The summed E-state index contributed by atoms with van der Waals surface area (Å²) in [4.78, 5) is 21.0. The Kier molecular flexibility index (Phi) is 5.07. The molecular formula is C23H20N4O2. The molecule has 0 fully saturated rings. The summed E-state index contributed by atoms with van der Waals surface area (Å²) in [6, 6.07) is 20.7. The van der Waals surface area contributed by atoms with E-state index in [4.69, 9.17) is 4.74 Å². The van der Waals surface area contributed by atoms with E-state index in [1.165, 1.54) is 6.33 Å². The van der Waals surface area contributed by atoms with Crippen molar-refractivity contribution in [3.8, 4) is 11.6 Å². The molecule has 2 N–H and O–H groups in total. The summed E-state index contributed by atoms with van der Waals surface area (Å²) in [6.07, 6.45) is 1.44. The molecule has 4 rings (SSSR count). The van der Waals surface area contributed by atoms with Crippen molar-refractivity contribution in [2.45, 2.75) is 6.92 Å². The second kappa shape index (κ2) is 7.98. The zero-order chi connectivity index (χ0) is 20.2. The lowest BCUT2D eigenvalue weighted by Gasteiger charge is -2.10. The number of carbonyl (C=O) groups is 1. The normalized spacial score (nSPS) is 10.6. The number of amides is 1. The van der Waals surface area contributed by atoms with E-state index in [-0.39, 0.29) is 5.91 Å². The molecule has 0 aliphatic heterocycles. The van der Waals surface area contributed by atoms with Gasteiger partial charge in [-0.3, -0.25) is 4.79 Å². The van der Waals surface area contributed by atoms with Crippen molar-refractivity contribution >= 4 is 28.2 Å². The van der Waals surface area contributed by atoms with Crippen LogP contribution in [0.3, 0.4) is 0 Å². The molecule has 0 saturated carbocycles. The Morgan fingerprint density at radius 1 is 0.966 bits per heavy atom. The minimum atomic E-state index is -0.150. The van der Waals surface area contributed by atoms with E-state index in [0.717, 1.165) is 22.0 Å². The predicted molar refractivity (Wildman–Crippen MR) is 115 cm³/mol. The topological polar surface area (TPSA) is 76.1 Å². The summed E-state index contributed by atoms with van der Waals surface area (Å²) in [5.41, 5.74) is 2.52. The van der Waals surface area contributed by atoms with Crippen LogP contribution >= 0.6 is 0 Å². The van der Waals surface area contributed by atoms with Crippen molar-refractivity contribution in [1.82, 2.24) is 9.97 Å². The van der Waals surface area contributed by atoms with Crippen LogP contribution in [0, 0.1) is 6.92 Å². The summed E-state index contributed by atoms with van der Waals surface area (Å²) >= 11 is 0. The van der Waals surface area contributed by atoms with Crippen molar-refractivity contribution < 1.29 is 9.53 Å². The van der Waals surface area contributed by atoms with Crippen LogP contribution in [0.4, 0.5) is 11.5 Å². The number of rotatable bonds is 5. The van der Waals surface area contributed by atoms with E-state index in [1.807, 2.05) is 67.6 Å². The van der Waals surface area contributed by atoms with Crippen molar-refractivity contribution in [2.24, 2.45) is 0 Å². The molecule has 0 aliphatic rings. The van der Waals surface area contributed by atoms with Crippen molar-refractivity contribution in [1.29, 1.82) is 0 Å². The standard InChI is InChI=1S/C23H20N4O2/c1-15-6-8-17(9-7-15)27-23(28)20-5-3-4-16-12-18(10-11-19(16)20)29-22-13-21(24-2)25-14-26-22/h3-14H,1-2H3,(H,27,28)(H,24,25,26). The molecule has 0 unspecified atom stereocenters. The molecule has 29 heavy (non-hydrogen) atoms. The number of aryl methyl sites for hydroxylation is 1. The molecule has 6 nitrogen and oxygen atoms in total. The molecule has 4 aromatic rings. The first-order valence-electron chi connectivity index (χ1n) is 9.21. The van der Waals surface area contributed by atoms with Crippen molar-refractivity contribution in [3.05, 3.63) is 84.2 Å². The number of nitrogens with zero attached hydrogens (tertiary/aromatic N) is 2. The molecule has 1 heterocycles. The highest BCUT2D eigenvalue weighted by atomic mass is 16.5. The quantitative estimate of drug-likeness (QED) is 0.505. The van der Waals surface area contributed by atoms with Crippen molar-refractivity contribution in [3.63, 3.8) is 0 Å². The SMILES string of the molecule is CNc1cc(Oc2ccc3c(C(=O)Nc4ccc(C)cc4)cccc3c2)ncn1. The first-order valence-corrected chi connectivity index (χ1v) is 9.21. The van der Waals surface area contributed by atoms with E-state index in [2.05, 4.69) is 20.6 Å². The first-order chi connectivity index (χ1) is 14.1. The summed E-state index contributed by atoms with van der Waals surface area (Å²) in [5, 5.41) is 7.66. The lowest BCUT2D eigenvalue weighted by molar-refractivity contribution is 0.102. The molecule has 0 bridgehead atoms. The Balaban J connectivity index is 1.60. The first kappa shape index (κ1) is 18.4. The number of fused-ring (bicyclic) bond motifs is 1. The Labute approximate surface area is 168 Å². The van der Waals surface area contributed by atoms with Crippen LogP contribution in [-0.2, 0) is 0 Å². The minimum Gasteiger partial charge on any atom is -0.439 e. The lowest BCUT2D eigenvalue weighted by Crippen LogP contribution is -2.12. The molecule has 0 aliphatic carbocycles. The van der Waals surface area contributed by atoms with E-state index >= 15 is 0 Å². The molecular weight excluding hydrogens is 364 g/mol. The molecule has 6 heteroatoms. The Morgan fingerprint density at radius 2 is 1.79 bits per heavy atom. The number of carbonyl (C=O) groups excluding carboxylic acids is 1. The summed E-state index contributed by atoms with van der Waals surface area (Å²) < 4.78 is 5.84. The fourth-order valence-corrected chi connectivity index (χ4v) is 3.01. The van der Waals surface area contributed by atoms with Crippen LogP contribution in [0.5, 0.6) is 11.6 Å². The van der Waals surface area contributed by atoms with Gasteiger partial charge in [-0.2, -0.15) is 0 Å². The highest BCUT2D eigenvalue weighted by molar-refractivity contribution is 6.13. The molecule has 0 radical (unpaired) electrons.